The standard InChI is InChI=1S/C22H17N3O3S2/c1-12-19(22(26)27-3)14-5-4-13(10-17(14)29-12)28-16-6-7-23-15-11-18(30-20(15)16)21-24-8-9-25(21)2/h4-11H,1-3H3. The molecule has 4 aromatic heterocycles. The van der Waals surface area contributed by atoms with E-state index in [0.717, 1.165) is 41.6 Å². The molecule has 5 aromatic rings. The number of ether oxygens (including phenoxy) is 2. The van der Waals surface area contributed by atoms with Gasteiger partial charge in [0.2, 0.25) is 0 Å². The Labute approximate surface area is 180 Å². The summed E-state index contributed by atoms with van der Waals surface area (Å²) in [5.41, 5.74) is 1.49. The summed E-state index contributed by atoms with van der Waals surface area (Å²) < 4.78 is 15.1. The van der Waals surface area contributed by atoms with Gasteiger partial charge >= 0.3 is 5.97 Å². The molecule has 0 bridgehead atoms. The molecule has 0 spiro atoms. The first-order valence-corrected chi connectivity index (χ1v) is 10.8. The summed E-state index contributed by atoms with van der Waals surface area (Å²) in [5.74, 6) is 2.03. The molecule has 150 valence electrons. The maximum absolute atomic E-state index is 12.1. The first-order chi connectivity index (χ1) is 14.5. The van der Waals surface area contributed by atoms with E-state index in [2.05, 4.69) is 9.97 Å². The number of hydrogen-bond acceptors (Lipinski definition) is 7. The predicted molar refractivity (Wildman–Crippen MR) is 120 cm³/mol. The van der Waals surface area contributed by atoms with Gasteiger partial charge in [0, 0.05) is 46.7 Å². The van der Waals surface area contributed by atoms with Crippen LogP contribution in [0.5, 0.6) is 11.5 Å². The van der Waals surface area contributed by atoms with Crippen LogP contribution in [-0.2, 0) is 11.8 Å². The van der Waals surface area contributed by atoms with Gasteiger partial charge in [0.15, 0.2) is 0 Å². The van der Waals surface area contributed by atoms with Crippen molar-refractivity contribution in [2.24, 2.45) is 7.05 Å². The van der Waals surface area contributed by atoms with Crippen molar-refractivity contribution in [3.63, 3.8) is 0 Å². The molecule has 0 radical (unpaired) electrons. The second kappa shape index (κ2) is 7.23. The highest BCUT2D eigenvalue weighted by Crippen LogP contribution is 2.40. The van der Waals surface area contributed by atoms with E-state index in [1.807, 2.05) is 55.1 Å². The van der Waals surface area contributed by atoms with Crippen LogP contribution in [0.15, 0.2) is 48.9 Å². The number of aryl methyl sites for hydroxylation is 2. The lowest BCUT2D eigenvalue weighted by Crippen LogP contribution is -2.01. The Kier molecular flexibility index (Phi) is 4.52. The molecular weight excluding hydrogens is 418 g/mol. The van der Waals surface area contributed by atoms with Gasteiger partial charge < -0.3 is 14.0 Å². The number of pyridine rings is 1. The number of imidazole rings is 1. The van der Waals surface area contributed by atoms with Crippen LogP contribution in [0.1, 0.15) is 15.2 Å². The molecule has 8 heteroatoms. The third-order valence-electron chi connectivity index (χ3n) is 4.87. The average molecular weight is 436 g/mol. The van der Waals surface area contributed by atoms with Crippen molar-refractivity contribution in [2.45, 2.75) is 6.92 Å². The first kappa shape index (κ1) is 18.8. The molecule has 0 amide bonds. The zero-order valence-electron chi connectivity index (χ0n) is 16.5. The maximum atomic E-state index is 12.1. The highest BCUT2D eigenvalue weighted by atomic mass is 32.1. The van der Waals surface area contributed by atoms with Crippen molar-refractivity contribution in [1.82, 2.24) is 14.5 Å². The molecule has 0 aliphatic heterocycles. The van der Waals surface area contributed by atoms with Gasteiger partial charge in [0.05, 0.1) is 27.8 Å². The molecule has 0 saturated carbocycles. The third kappa shape index (κ3) is 3.05. The molecule has 0 aliphatic carbocycles. The highest BCUT2D eigenvalue weighted by Gasteiger charge is 2.18. The van der Waals surface area contributed by atoms with Crippen LogP contribution in [0.3, 0.4) is 0 Å². The minimum atomic E-state index is -0.316. The fraction of sp³-hybridized carbons (Fsp3) is 0.136. The summed E-state index contributed by atoms with van der Waals surface area (Å²) >= 11 is 3.16. The van der Waals surface area contributed by atoms with E-state index in [0.29, 0.717) is 11.3 Å². The van der Waals surface area contributed by atoms with E-state index >= 15 is 0 Å². The number of fused-ring (bicyclic) bond motifs is 2. The number of thiophene rings is 2. The van der Waals surface area contributed by atoms with Crippen molar-refractivity contribution < 1.29 is 14.3 Å². The van der Waals surface area contributed by atoms with Crippen molar-refractivity contribution in [2.75, 3.05) is 7.11 Å². The molecule has 0 atom stereocenters. The van der Waals surface area contributed by atoms with E-state index in [-0.39, 0.29) is 5.97 Å². The quantitative estimate of drug-likeness (QED) is 0.334. The Bertz CT molecular complexity index is 1410. The molecule has 0 fully saturated rings. The fourth-order valence-corrected chi connectivity index (χ4v) is 5.64. The second-order valence-electron chi connectivity index (χ2n) is 6.78. The molecule has 5 rings (SSSR count). The summed E-state index contributed by atoms with van der Waals surface area (Å²) in [4.78, 5) is 23.0. The Morgan fingerprint density at radius 2 is 1.97 bits per heavy atom. The molecule has 0 saturated heterocycles. The number of benzene rings is 1. The van der Waals surface area contributed by atoms with Gasteiger partial charge in [-0.25, -0.2) is 9.78 Å². The highest BCUT2D eigenvalue weighted by molar-refractivity contribution is 7.22. The molecule has 0 unspecified atom stereocenters. The zero-order chi connectivity index (χ0) is 20.8. The minimum Gasteiger partial charge on any atom is -0.465 e. The van der Waals surface area contributed by atoms with Crippen molar-refractivity contribution >= 4 is 48.9 Å². The topological polar surface area (TPSA) is 66.2 Å². The van der Waals surface area contributed by atoms with Gasteiger partial charge in [0.25, 0.3) is 0 Å². The van der Waals surface area contributed by atoms with Gasteiger partial charge in [-0.3, -0.25) is 4.98 Å². The second-order valence-corrected chi connectivity index (χ2v) is 9.09. The first-order valence-electron chi connectivity index (χ1n) is 9.20. The minimum absolute atomic E-state index is 0.316. The number of aromatic nitrogens is 3. The predicted octanol–water partition coefficient (Wildman–Crippen LogP) is 5.80. The fourth-order valence-electron chi connectivity index (χ4n) is 3.45. The average Bonchev–Trinajstić information content (AvgIpc) is 3.43. The normalized spacial score (nSPS) is 11.3. The molecule has 6 nitrogen and oxygen atoms in total. The van der Waals surface area contributed by atoms with Crippen LogP contribution in [-0.4, -0.2) is 27.6 Å². The molecular formula is C22H17N3O3S2. The lowest BCUT2D eigenvalue weighted by Gasteiger charge is -2.07. The van der Waals surface area contributed by atoms with Crippen LogP contribution in [0.2, 0.25) is 0 Å². The zero-order valence-corrected chi connectivity index (χ0v) is 18.1. The Balaban J connectivity index is 1.54. The van der Waals surface area contributed by atoms with Gasteiger partial charge in [-0.15, -0.1) is 22.7 Å². The Morgan fingerprint density at radius 1 is 1.10 bits per heavy atom. The number of methoxy groups -OCH3 is 1. The molecule has 4 heterocycles. The lowest BCUT2D eigenvalue weighted by molar-refractivity contribution is 0.0603. The van der Waals surface area contributed by atoms with E-state index in [1.54, 1.807) is 35.1 Å². The van der Waals surface area contributed by atoms with Crippen LogP contribution in [0.25, 0.3) is 31.0 Å². The van der Waals surface area contributed by atoms with Crippen LogP contribution in [0.4, 0.5) is 0 Å². The SMILES string of the molecule is COC(=O)c1c(C)sc2cc(Oc3ccnc4cc(-c5nccn5C)sc34)ccc12. The monoisotopic (exact) mass is 435 g/mol. The number of esters is 1. The van der Waals surface area contributed by atoms with Gasteiger partial charge in [0.1, 0.15) is 17.3 Å². The van der Waals surface area contributed by atoms with Crippen molar-refractivity contribution in [3.8, 4) is 22.2 Å². The summed E-state index contributed by atoms with van der Waals surface area (Å²) in [5, 5.41) is 0.879. The van der Waals surface area contributed by atoms with Crippen molar-refractivity contribution in [3.05, 3.63) is 59.4 Å². The van der Waals surface area contributed by atoms with E-state index in [4.69, 9.17) is 9.47 Å². The number of carbonyl (C=O) groups is 1. The Hall–Kier alpha value is -3.23. The maximum Gasteiger partial charge on any atom is 0.339 e. The van der Waals surface area contributed by atoms with Crippen LogP contribution < -0.4 is 4.74 Å². The van der Waals surface area contributed by atoms with Crippen molar-refractivity contribution in [1.29, 1.82) is 0 Å². The summed E-state index contributed by atoms with van der Waals surface area (Å²) in [6, 6.07) is 9.64. The smallest absolute Gasteiger partial charge is 0.339 e. The lowest BCUT2D eigenvalue weighted by atomic mass is 10.1. The number of rotatable bonds is 4. The number of hydrogen-bond donors (Lipinski definition) is 0. The van der Waals surface area contributed by atoms with Crippen LogP contribution in [0, 0.1) is 6.92 Å². The molecule has 30 heavy (non-hydrogen) atoms. The van der Waals surface area contributed by atoms with E-state index in [9.17, 15) is 4.79 Å². The summed E-state index contributed by atoms with van der Waals surface area (Å²) in [7, 11) is 3.37. The molecule has 1 aromatic carbocycles. The summed E-state index contributed by atoms with van der Waals surface area (Å²) in [6.07, 6.45) is 5.45. The third-order valence-corrected chi connectivity index (χ3v) is 7.07. The van der Waals surface area contributed by atoms with E-state index in [1.165, 1.54) is 7.11 Å². The molecule has 0 aliphatic rings. The Morgan fingerprint density at radius 3 is 2.73 bits per heavy atom. The number of nitrogens with zero attached hydrogens (tertiary/aromatic N) is 3. The van der Waals surface area contributed by atoms with Crippen LogP contribution >= 0.6 is 22.7 Å². The number of carbonyl (C=O) groups excluding carboxylic acids is 1. The summed E-state index contributed by atoms with van der Waals surface area (Å²) in [6.45, 7) is 1.93. The van der Waals surface area contributed by atoms with E-state index < -0.39 is 0 Å². The van der Waals surface area contributed by atoms with Gasteiger partial charge in [-0.2, -0.15) is 0 Å². The molecule has 0 N–H and O–H groups in total. The van der Waals surface area contributed by atoms with Gasteiger partial charge in [-0.05, 0) is 31.2 Å². The van der Waals surface area contributed by atoms with Gasteiger partial charge in [-0.1, -0.05) is 0 Å². The largest absolute Gasteiger partial charge is 0.465 e.